The van der Waals surface area contributed by atoms with Gasteiger partial charge in [-0.1, -0.05) is 18.2 Å². The van der Waals surface area contributed by atoms with Crippen LogP contribution in [0.15, 0.2) is 24.3 Å². The van der Waals surface area contributed by atoms with Gasteiger partial charge in [-0.2, -0.15) is 0 Å². The average Bonchev–Trinajstić information content (AvgIpc) is 3.14. The van der Waals surface area contributed by atoms with E-state index in [9.17, 15) is 4.79 Å². The summed E-state index contributed by atoms with van der Waals surface area (Å²) in [5.74, 6) is 0.663. The molecule has 3 rings (SSSR count). The first kappa shape index (κ1) is 14.5. The van der Waals surface area contributed by atoms with E-state index in [1.807, 2.05) is 11.0 Å². The summed E-state index contributed by atoms with van der Waals surface area (Å²) < 4.78 is 0. The maximum atomic E-state index is 12.6. The topological polar surface area (TPSA) is 49.6 Å². The summed E-state index contributed by atoms with van der Waals surface area (Å²) in [7, 11) is 0. The quantitative estimate of drug-likeness (QED) is 0.900. The largest absolute Gasteiger partial charge is 0.330 e. The molecule has 0 aromatic heterocycles. The molecule has 4 nitrogen and oxygen atoms in total. The summed E-state index contributed by atoms with van der Waals surface area (Å²) in [6.45, 7) is 4.68. The highest BCUT2D eigenvalue weighted by Crippen LogP contribution is 2.37. The van der Waals surface area contributed by atoms with E-state index in [4.69, 9.17) is 5.73 Å². The molecule has 114 valence electrons. The lowest BCUT2D eigenvalue weighted by molar-refractivity contribution is -0.118. The Kier molecular flexibility index (Phi) is 4.56. The monoisotopic (exact) mass is 287 g/mol. The Balaban J connectivity index is 1.66. The minimum absolute atomic E-state index is 0.258. The van der Waals surface area contributed by atoms with Crippen molar-refractivity contribution in [2.45, 2.75) is 31.6 Å². The standard InChI is InChI=1S/C17H25N3O/c18-9-7-14-13-20(16-6-2-1-5-15(14)16)17(21)8-12-19-10-3-4-11-19/h1-2,5-6,14H,3-4,7-13,18H2. The zero-order valence-electron chi connectivity index (χ0n) is 12.6. The molecule has 1 aromatic carbocycles. The molecular formula is C17H25N3O. The number of hydrogen-bond donors (Lipinski definition) is 1. The molecule has 1 atom stereocenters. The van der Waals surface area contributed by atoms with E-state index in [2.05, 4.69) is 23.1 Å². The van der Waals surface area contributed by atoms with Gasteiger partial charge < -0.3 is 15.5 Å². The van der Waals surface area contributed by atoms with Gasteiger partial charge in [0.15, 0.2) is 0 Å². The summed E-state index contributed by atoms with van der Waals surface area (Å²) in [6.07, 6.45) is 4.13. The normalized spacial score (nSPS) is 21.8. The second-order valence-electron chi connectivity index (χ2n) is 6.14. The van der Waals surface area contributed by atoms with Crippen molar-refractivity contribution in [3.63, 3.8) is 0 Å². The van der Waals surface area contributed by atoms with Crippen LogP contribution in [0.4, 0.5) is 5.69 Å². The average molecular weight is 287 g/mol. The van der Waals surface area contributed by atoms with Gasteiger partial charge in [-0.25, -0.2) is 0 Å². The van der Waals surface area contributed by atoms with Crippen molar-refractivity contribution >= 4 is 11.6 Å². The van der Waals surface area contributed by atoms with Crippen LogP contribution in [0.2, 0.25) is 0 Å². The molecule has 2 heterocycles. The Labute approximate surface area is 126 Å². The van der Waals surface area contributed by atoms with Gasteiger partial charge in [0.05, 0.1) is 0 Å². The number of para-hydroxylation sites is 1. The third-order valence-electron chi connectivity index (χ3n) is 4.73. The molecule has 2 aliphatic heterocycles. The molecule has 21 heavy (non-hydrogen) atoms. The first-order valence-corrected chi connectivity index (χ1v) is 8.11. The zero-order chi connectivity index (χ0) is 14.7. The van der Waals surface area contributed by atoms with Crippen LogP contribution in [0.1, 0.15) is 37.2 Å². The molecule has 1 amide bonds. The summed E-state index contributed by atoms with van der Waals surface area (Å²) >= 11 is 0. The van der Waals surface area contributed by atoms with Gasteiger partial charge in [0, 0.05) is 31.1 Å². The van der Waals surface area contributed by atoms with Crippen LogP contribution in [0.3, 0.4) is 0 Å². The number of nitrogens with two attached hydrogens (primary N) is 1. The molecule has 1 saturated heterocycles. The number of carbonyl (C=O) groups excluding carboxylic acids is 1. The first-order valence-electron chi connectivity index (χ1n) is 8.11. The van der Waals surface area contributed by atoms with Gasteiger partial charge >= 0.3 is 0 Å². The molecule has 1 fully saturated rings. The van der Waals surface area contributed by atoms with Crippen LogP contribution < -0.4 is 10.6 Å². The highest BCUT2D eigenvalue weighted by molar-refractivity contribution is 5.96. The molecule has 2 aliphatic rings. The van der Waals surface area contributed by atoms with E-state index in [1.165, 1.54) is 18.4 Å². The summed E-state index contributed by atoms with van der Waals surface area (Å²) in [4.78, 5) is 17.0. The highest BCUT2D eigenvalue weighted by atomic mass is 16.2. The highest BCUT2D eigenvalue weighted by Gasteiger charge is 2.31. The van der Waals surface area contributed by atoms with E-state index in [0.717, 1.165) is 38.3 Å². The molecule has 0 aliphatic carbocycles. The fourth-order valence-corrected chi connectivity index (χ4v) is 3.57. The Morgan fingerprint density at radius 2 is 2.00 bits per heavy atom. The van der Waals surface area contributed by atoms with E-state index in [0.29, 0.717) is 18.9 Å². The molecule has 0 saturated carbocycles. The van der Waals surface area contributed by atoms with E-state index < -0.39 is 0 Å². The van der Waals surface area contributed by atoms with Gasteiger partial charge in [0.25, 0.3) is 0 Å². The second-order valence-corrected chi connectivity index (χ2v) is 6.14. The summed E-state index contributed by atoms with van der Waals surface area (Å²) in [5.41, 5.74) is 8.11. The van der Waals surface area contributed by atoms with Gasteiger partial charge in [-0.3, -0.25) is 4.79 Å². The van der Waals surface area contributed by atoms with Crippen molar-refractivity contribution in [3.05, 3.63) is 29.8 Å². The molecule has 1 unspecified atom stereocenters. The fraction of sp³-hybridized carbons (Fsp3) is 0.588. The van der Waals surface area contributed by atoms with Crippen molar-refractivity contribution < 1.29 is 4.79 Å². The van der Waals surface area contributed by atoms with Crippen LogP contribution in [-0.4, -0.2) is 43.5 Å². The van der Waals surface area contributed by atoms with Gasteiger partial charge in [-0.05, 0) is 50.5 Å². The summed E-state index contributed by atoms with van der Waals surface area (Å²) in [5, 5.41) is 0. The minimum Gasteiger partial charge on any atom is -0.330 e. The number of rotatable bonds is 5. The Hall–Kier alpha value is -1.39. The number of amides is 1. The van der Waals surface area contributed by atoms with Crippen molar-refractivity contribution in [2.75, 3.05) is 37.6 Å². The number of anilines is 1. The van der Waals surface area contributed by atoms with Gasteiger partial charge in [0.2, 0.25) is 5.91 Å². The Morgan fingerprint density at radius 3 is 2.76 bits per heavy atom. The van der Waals surface area contributed by atoms with Crippen molar-refractivity contribution in [2.24, 2.45) is 5.73 Å². The van der Waals surface area contributed by atoms with Crippen molar-refractivity contribution in [1.29, 1.82) is 0 Å². The van der Waals surface area contributed by atoms with E-state index in [-0.39, 0.29) is 5.91 Å². The van der Waals surface area contributed by atoms with Crippen LogP contribution in [0.5, 0.6) is 0 Å². The van der Waals surface area contributed by atoms with Crippen molar-refractivity contribution in [1.82, 2.24) is 4.90 Å². The van der Waals surface area contributed by atoms with Crippen LogP contribution in [-0.2, 0) is 4.79 Å². The lowest BCUT2D eigenvalue weighted by Gasteiger charge is -2.20. The molecule has 2 N–H and O–H groups in total. The number of nitrogens with zero attached hydrogens (tertiary/aromatic N) is 2. The SMILES string of the molecule is NCCC1CN(C(=O)CCN2CCCC2)c2ccccc21. The van der Waals surface area contributed by atoms with E-state index in [1.54, 1.807) is 0 Å². The Bertz CT molecular complexity index is 497. The Morgan fingerprint density at radius 1 is 1.24 bits per heavy atom. The van der Waals surface area contributed by atoms with E-state index >= 15 is 0 Å². The lowest BCUT2D eigenvalue weighted by Crippen LogP contribution is -2.33. The number of likely N-dealkylation sites (tertiary alicyclic amines) is 1. The molecule has 0 spiro atoms. The minimum atomic E-state index is 0.258. The van der Waals surface area contributed by atoms with Crippen LogP contribution in [0.25, 0.3) is 0 Å². The zero-order valence-corrected chi connectivity index (χ0v) is 12.6. The number of benzene rings is 1. The second kappa shape index (κ2) is 6.58. The number of carbonyl (C=O) groups is 1. The summed E-state index contributed by atoms with van der Waals surface area (Å²) in [6, 6.07) is 8.29. The fourth-order valence-electron chi connectivity index (χ4n) is 3.57. The number of fused-ring (bicyclic) bond motifs is 1. The molecule has 4 heteroatoms. The predicted octanol–water partition coefficient (Wildman–Crippen LogP) is 1.95. The molecule has 0 bridgehead atoms. The number of hydrogen-bond acceptors (Lipinski definition) is 3. The molecule has 0 radical (unpaired) electrons. The third-order valence-corrected chi connectivity index (χ3v) is 4.73. The molecule has 1 aromatic rings. The predicted molar refractivity (Wildman–Crippen MR) is 85.5 cm³/mol. The third kappa shape index (κ3) is 3.11. The first-order chi connectivity index (χ1) is 10.3. The maximum Gasteiger partial charge on any atom is 0.228 e. The van der Waals surface area contributed by atoms with Crippen LogP contribution >= 0.6 is 0 Å². The lowest BCUT2D eigenvalue weighted by atomic mass is 9.98. The van der Waals surface area contributed by atoms with Gasteiger partial charge in [-0.15, -0.1) is 0 Å². The maximum absolute atomic E-state index is 12.6. The molecular weight excluding hydrogens is 262 g/mol. The van der Waals surface area contributed by atoms with Gasteiger partial charge in [0.1, 0.15) is 0 Å². The van der Waals surface area contributed by atoms with Crippen molar-refractivity contribution in [3.8, 4) is 0 Å². The smallest absolute Gasteiger partial charge is 0.228 e. The van der Waals surface area contributed by atoms with Crippen LogP contribution in [0, 0.1) is 0 Å².